The van der Waals surface area contributed by atoms with Crippen LogP contribution < -0.4 is 15.4 Å². The number of carbonyl (C=O) groups excluding carboxylic acids is 1. The van der Waals surface area contributed by atoms with Gasteiger partial charge in [0.1, 0.15) is 5.69 Å². The zero-order chi connectivity index (χ0) is 14.4. The molecule has 0 spiro atoms. The summed E-state index contributed by atoms with van der Waals surface area (Å²) in [6, 6.07) is 3.49. The summed E-state index contributed by atoms with van der Waals surface area (Å²) in [7, 11) is 0. The summed E-state index contributed by atoms with van der Waals surface area (Å²) in [4.78, 5) is 16.5. The lowest BCUT2D eigenvalue weighted by molar-refractivity contribution is -0.118. The Labute approximate surface area is 120 Å². The number of nitrogens with zero attached hydrogens (tertiary/aromatic N) is 1. The fraction of sp³-hybridized carbons (Fsp3) is 0.600. The van der Waals surface area contributed by atoms with Crippen molar-refractivity contribution in [2.45, 2.75) is 51.7 Å². The Morgan fingerprint density at radius 3 is 3.10 bits per heavy atom. The Morgan fingerprint density at radius 2 is 2.30 bits per heavy atom. The highest BCUT2D eigenvalue weighted by Crippen LogP contribution is 2.22. The number of carbonyl (C=O) groups is 1. The number of amides is 1. The van der Waals surface area contributed by atoms with E-state index in [1.807, 2.05) is 19.9 Å². The Hall–Kier alpha value is -1.62. The van der Waals surface area contributed by atoms with Crippen LogP contribution in [-0.4, -0.2) is 29.6 Å². The van der Waals surface area contributed by atoms with E-state index in [0.29, 0.717) is 11.6 Å². The van der Waals surface area contributed by atoms with Crippen LogP contribution >= 0.6 is 0 Å². The Balaban J connectivity index is 2.03. The molecule has 1 unspecified atom stereocenters. The molecule has 5 nitrogen and oxygen atoms in total. The molecule has 0 saturated carbocycles. The van der Waals surface area contributed by atoms with E-state index < -0.39 is 0 Å². The smallest absolute Gasteiger partial charge is 0.241 e. The topological polar surface area (TPSA) is 63.2 Å². The molecule has 1 saturated heterocycles. The van der Waals surface area contributed by atoms with E-state index in [4.69, 9.17) is 4.74 Å². The van der Waals surface area contributed by atoms with Gasteiger partial charge in [-0.1, -0.05) is 12.8 Å². The average Bonchev–Trinajstić information content (AvgIpc) is 2.69. The van der Waals surface area contributed by atoms with Crippen LogP contribution in [0.2, 0.25) is 0 Å². The summed E-state index contributed by atoms with van der Waals surface area (Å²) in [5, 5.41) is 6.21. The van der Waals surface area contributed by atoms with E-state index in [9.17, 15) is 4.79 Å². The average molecular weight is 277 g/mol. The van der Waals surface area contributed by atoms with Crippen LogP contribution in [0.25, 0.3) is 0 Å². The molecular formula is C15H23N3O2. The van der Waals surface area contributed by atoms with E-state index in [1.54, 1.807) is 12.3 Å². The molecule has 2 rings (SSSR count). The number of anilines is 1. The molecule has 5 heteroatoms. The number of hydrogen-bond acceptors (Lipinski definition) is 4. The fourth-order valence-corrected chi connectivity index (χ4v) is 2.28. The quantitative estimate of drug-likeness (QED) is 0.886. The van der Waals surface area contributed by atoms with Crippen LogP contribution in [0.5, 0.6) is 5.88 Å². The molecule has 0 aliphatic carbocycles. The van der Waals surface area contributed by atoms with Crippen LogP contribution in [0.15, 0.2) is 18.3 Å². The largest absolute Gasteiger partial charge is 0.473 e. The minimum absolute atomic E-state index is 0.00601. The second-order valence-electron chi connectivity index (χ2n) is 5.37. The van der Waals surface area contributed by atoms with E-state index in [-0.39, 0.29) is 18.1 Å². The zero-order valence-electron chi connectivity index (χ0n) is 12.2. The monoisotopic (exact) mass is 277 g/mol. The lowest BCUT2D eigenvalue weighted by Gasteiger charge is -2.17. The van der Waals surface area contributed by atoms with Crippen molar-refractivity contribution in [1.82, 2.24) is 10.3 Å². The first-order valence-electron chi connectivity index (χ1n) is 7.32. The van der Waals surface area contributed by atoms with Crippen LogP contribution in [-0.2, 0) is 4.79 Å². The minimum Gasteiger partial charge on any atom is -0.473 e. The molecule has 2 heterocycles. The first-order chi connectivity index (χ1) is 9.66. The fourth-order valence-electron chi connectivity index (χ4n) is 2.28. The highest BCUT2D eigenvalue weighted by Gasteiger charge is 2.20. The number of pyridine rings is 1. The van der Waals surface area contributed by atoms with Gasteiger partial charge in [0.25, 0.3) is 0 Å². The van der Waals surface area contributed by atoms with Crippen LogP contribution in [0.1, 0.15) is 39.5 Å². The molecule has 0 radical (unpaired) electrons. The molecule has 1 aliphatic heterocycles. The van der Waals surface area contributed by atoms with Crippen molar-refractivity contribution in [1.29, 1.82) is 0 Å². The van der Waals surface area contributed by atoms with Gasteiger partial charge in [0.2, 0.25) is 11.8 Å². The van der Waals surface area contributed by atoms with Crippen LogP contribution in [0.3, 0.4) is 0 Å². The third-order valence-electron chi connectivity index (χ3n) is 3.25. The molecule has 1 atom stereocenters. The molecule has 110 valence electrons. The number of hydrogen-bond donors (Lipinski definition) is 2. The number of rotatable bonds is 4. The van der Waals surface area contributed by atoms with Gasteiger partial charge in [0.05, 0.1) is 12.1 Å². The summed E-state index contributed by atoms with van der Waals surface area (Å²) in [6.45, 7) is 4.78. The van der Waals surface area contributed by atoms with E-state index >= 15 is 0 Å². The highest BCUT2D eigenvalue weighted by atomic mass is 16.5. The summed E-state index contributed by atoms with van der Waals surface area (Å²) in [5.74, 6) is 0.470. The summed E-state index contributed by atoms with van der Waals surface area (Å²) in [6.07, 6.45) is 5.98. The van der Waals surface area contributed by atoms with Gasteiger partial charge < -0.3 is 15.4 Å². The zero-order valence-corrected chi connectivity index (χ0v) is 12.2. The van der Waals surface area contributed by atoms with Crippen molar-refractivity contribution in [2.75, 3.05) is 11.9 Å². The van der Waals surface area contributed by atoms with E-state index in [2.05, 4.69) is 15.6 Å². The van der Waals surface area contributed by atoms with Gasteiger partial charge in [-0.25, -0.2) is 4.98 Å². The molecule has 0 aromatic carbocycles. The number of ether oxygens (including phenoxy) is 1. The van der Waals surface area contributed by atoms with Crippen LogP contribution in [0, 0.1) is 0 Å². The molecule has 2 N–H and O–H groups in total. The van der Waals surface area contributed by atoms with Crippen molar-refractivity contribution in [3.05, 3.63) is 18.3 Å². The number of aromatic nitrogens is 1. The highest BCUT2D eigenvalue weighted by molar-refractivity contribution is 5.95. The summed E-state index contributed by atoms with van der Waals surface area (Å²) >= 11 is 0. The normalized spacial score (nSPS) is 19.4. The van der Waals surface area contributed by atoms with Gasteiger partial charge in [-0.15, -0.1) is 0 Å². The molecule has 20 heavy (non-hydrogen) atoms. The summed E-state index contributed by atoms with van der Waals surface area (Å²) < 4.78 is 5.61. The van der Waals surface area contributed by atoms with Crippen molar-refractivity contribution < 1.29 is 9.53 Å². The second kappa shape index (κ2) is 7.24. The molecule has 1 fully saturated rings. The van der Waals surface area contributed by atoms with Gasteiger partial charge in [0, 0.05) is 6.20 Å². The minimum atomic E-state index is -0.121. The molecule has 1 aliphatic rings. The lowest BCUT2D eigenvalue weighted by atomic mass is 10.1. The van der Waals surface area contributed by atoms with Crippen molar-refractivity contribution in [3.63, 3.8) is 0 Å². The standard InChI is InChI=1S/C15H23N3O2/c1-11(2)20-15-13(8-6-10-17-15)18-14(19)12-7-4-3-5-9-16-12/h6,8,10-12,16H,3-5,7,9H2,1-2H3,(H,18,19). The maximum absolute atomic E-state index is 12.3. The maximum Gasteiger partial charge on any atom is 0.241 e. The predicted octanol–water partition coefficient (Wildman–Crippen LogP) is 2.34. The van der Waals surface area contributed by atoms with Crippen molar-refractivity contribution in [2.24, 2.45) is 0 Å². The second-order valence-corrected chi connectivity index (χ2v) is 5.37. The molecular weight excluding hydrogens is 254 g/mol. The Morgan fingerprint density at radius 1 is 1.45 bits per heavy atom. The molecule has 1 aromatic heterocycles. The number of nitrogens with one attached hydrogen (secondary N) is 2. The van der Waals surface area contributed by atoms with Crippen LogP contribution in [0.4, 0.5) is 5.69 Å². The third kappa shape index (κ3) is 4.20. The van der Waals surface area contributed by atoms with Gasteiger partial charge in [0.15, 0.2) is 0 Å². The first kappa shape index (κ1) is 14.8. The van der Waals surface area contributed by atoms with Gasteiger partial charge in [-0.05, 0) is 45.4 Å². The van der Waals surface area contributed by atoms with Crippen molar-refractivity contribution in [3.8, 4) is 5.88 Å². The van der Waals surface area contributed by atoms with Crippen molar-refractivity contribution >= 4 is 11.6 Å². The van der Waals surface area contributed by atoms with Gasteiger partial charge in [-0.2, -0.15) is 0 Å². The Bertz CT molecular complexity index is 440. The van der Waals surface area contributed by atoms with Gasteiger partial charge >= 0.3 is 0 Å². The maximum atomic E-state index is 12.3. The predicted molar refractivity (Wildman–Crippen MR) is 78.9 cm³/mol. The molecule has 1 amide bonds. The Kier molecular flexibility index (Phi) is 5.35. The van der Waals surface area contributed by atoms with E-state index in [1.165, 1.54) is 6.42 Å². The van der Waals surface area contributed by atoms with E-state index in [0.717, 1.165) is 25.8 Å². The summed E-state index contributed by atoms with van der Waals surface area (Å²) in [5.41, 5.74) is 0.636. The lowest BCUT2D eigenvalue weighted by Crippen LogP contribution is -2.40. The molecule has 0 bridgehead atoms. The molecule has 1 aromatic rings. The SMILES string of the molecule is CC(C)Oc1ncccc1NC(=O)C1CCCCCN1. The first-order valence-corrected chi connectivity index (χ1v) is 7.32. The third-order valence-corrected chi connectivity index (χ3v) is 3.25. The van der Waals surface area contributed by atoms with Gasteiger partial charge in [-0.3, -0.25) is 4.79 Å².